The summed E-state index contributed by atoms with van der Waals surface area (Å²) < 4.78 is 37.2. The van der Waals surface area contributed by atoms with Crippen LogP contribution in [0.25, 0.3) is 0 Å². The Bertz CT molecular complexity index is 1030. The van der Waals surface area contributed by atoms with E-state index >= 15 is 0 Å². The van der Waals surface area contributed by atoms with Gasteiger partial charge in [0.15, 0.2) is 11.5 Å². The lowest BCUT2D eigenvalue weighted by atomic mass is 10.2. The summed E-state index contributed by atoms with van der Waals surface area (Å²) in [5, 5.41) is 5.50. The highest BCUT2D eigenvalue weighted by molar-refractivity contribution is 6.03. The number of aromatic nitrogens is 1. The van der Waals surface area contributed by atoms with E-state index in [-0.39, 0.29) is 18.2 Å². The van der Waals surface area contributed by atoms with Gasteiger partial charge in [-0.1, -0.05) is 0 Å². The van der Waals surface area contributed by atoms with Gasteiger partial charge in [0.2, 0.25) is 6.79 Å². The summed E-state index contributed by atoms with van der Waals surface area (Å²) in [4.78, 5) is 16.3. The van der Waals surface area contributed by atoms with E-state index in [1.54, 1.807) is 18.2 Å². The number of carbonyl (C=O) groups is 1. The quantitative estimate of drug-likeness (QED) is 0.725. The molecule has 2 N–H and O–H groups in total. The van der Waals surface area contributed by atoms with E-state index in [0.717, 1.165) is 17.8 Å². The van der Waals surface area contributed by atoms with Gasteiger partial charge >= 0.3 is 0 Å². The summed E-state index contributed by atoms with van der Waals surface area (Å²) in [5.74, 6) is -0.915. The lowest BCUT2D eigenvalue weighted by Crippen LogP contribution is -2.14. The van der Waals surface area contributed by atoms with Gasteiger partial charge in [-0.3, -0.25) is 9.78 Å². The van der Waals surface area contributed by atoms with Crippen molar-refractivity contribution in [2.24, 2.45) is 0 Å². The lowest BCUT2D eigenvalue weighted by Gasteiger charge is -2.09. The summed E-state index contributed by atoms with van der Waals surface area (Å²) in [5.41, 5.74) is 1.29. The maximum Gasteiger partial charge on any atom is 0.274 e. The number of fused-ring (bicyclic) bond motifs is 1. The first-order valence-electron chi connectivity index (χ1n) is 7.97. The molecule has 136 valence electrons. The number of amides is 1. The molecule has 3 aromatic rings. The second-order valence-corrected chi connectivity index (χ2v) is 5.70. The van der Waals surface area contributed by atoms with E-state index < -0.39 is 17.5 Å². The second-order valence-electron chi connectivity index (χ2n) is 5.70. The number of hydrogen-bond donors (Lipinski definition) is 2. The van der Waals surface area contributed by atoms with E-state index in [2.05, 4.69) is 15.6 Å². The normalized spacial score (nSPS) is 11.9. The molecule has 0 saturated carbocycles. The Morgan fingerprint density at radius 3 is 2.63 bits per heavy atom. The van der Waals surface area contributed by atoms with Gasteiger partial charge in [-0.05, 0) is 36.4 Å². The van der Waals surface area contributed by atoms with Gasteiger partial charge in [-0.2, -0.15) is 0 Å². The van der Waals surface area contributed by atoms with Crippen LogP contribution in [-0.4, -0.2) is 17.7 Å². The molecule has 0 aliphatic carbocycles. The summed E-state index contributed by atoms with van der Waals surface area (Å²) in [6, 6.07) is 11.5. The molecular formula is C19H13F2N3O3. The van der Waals surface area contributed by atoms with Crippen LogP contribution in [0.3, 0.4) is 0 Å². The minimum atomic E-state index is -0.863. The first-order valence-corrected chi connectivity index (χ1v) is 7.97. The van der Waals surface area contributed by atoms with Crippen molar-refractivity contribution in [3.63, 3.8) is 0 Å². The molecule has 1 aliphatic heterocycles. The van der Waals surface area contributed by atoms with E-state index in [9.17, 15) is 13.6 Å². The highest BCUT2D eigenvalue weighted by atomic mass is 19.1. The zero-order chi connectivity index (χ0) is 18.8. The molecule has 1 aliphatic rings. The standard InChI is InChI=1S/C19H13F2N3O3/c20-11-1-3-15(14(21)7-11)24-19(25)16-8-13(5-6-22-16)23-12-2-4-17-18(9-12)27-10-26-17/h1-9H,10H2,(H,22,23)(H,24,25). The third-order valence-electron chi connectivity index (χ3n) is 3.83. The zero-order valence-electron chi connectivity index (χ0n) is 13.8. The van der Waals surface area contributed by atoms with Crippen LogP contribution in [0.4, 0.5) is 25.8 Å². The molecule has 27 heavy (non-hydrogen) atoms. The Labute approximate surface area is 152 Å². The van der Waals surface area contributed by atoms with Crippen molar-refractivity contribution < 1.29 is 23.0 Å². The summed E-state index contributed by atoms with van der Waals surface area (Å²) in [7, 11) is 0. The van der Waals surface area contributed by atoms with Crippen molar-refractivity contribution in [3.8, 4) is 11.5 Å². The van der Waals surface area contributed by atoms with Crippen molar-refractivity contribution >= 4 is 23.0 Å². The van der Waals surface area contributed by atoms with Crippen LogP contribution >= 0.6 is 0 Å². The Morgan fingerprint density at radius 2 is 1.78 bits per heavy atom. The second kappa shape index (κ2) is 6.91. The van der Waals surface area contributed by atoms with Crippen molar-refractivity contribution in [1.82, 2.24) is 4.98 Å². The predicted molar refractivity (Wildman–Crippen MR) is 94.4 cm³/mol. The fourth-order valence-corrected chi connectivity index (χ4v) is 2.55. The largest absolute Gasteiger partial charge is 0.454 e. The molecule has 8 heteroatoms. The molecule has 0 saturated heterocycles. The average Bonchev–Trinajstić information content (AvgIpc) is 3.12. The van der Waals surface area contributed by atoms with Crippen LogP contribution in [-0.2, 0) is 0 Å². The first-order chi connectivity index (χ1) is 13.1. The number of nitrogens with one attached hydrogen (secondary N) is 2. The zero-order valence-corrected chi connectivity index (χ0v) is 13.8. The molecule has 1 aromatic heterocycles. The SMILES string of the molecule is O=C(Nc1ccc(F)cc1F)c1cc(Nc2ccc3c(c2)OCO3)ccn1. The number of benzene rings is 2. The van der Waals surface area contributed by atoms with Crippen LogP contribution in [0.2, 0.25) is 0 Å². The Hall–Kier alpha value is -3.68. The molecule has 2 heterocycles. The number of rotatable bonds is 4. The molecular weight excluding hydrogens is 356 g/mol. The summed E-state index contributed by atoms with van der Waals surface area (Å²) >= 11 is 0. The molecule has 0 spiro atoms. The fraction of sp³-hybridized carbons (Fsp3) is 0.0526. The number of ether oxygens (including phenoxy) is 2. The maximum absolute atomic E-state index is 13.7. The van der Waals surface area contributed by atoms with Gasteiger partial charge in [-0.15, -0.1) is 0 Å². The van der Waals surface area contributed by atoms with Gasteiger partial charge in [0, 0.05) is 29.7 Å². The third kappa shape index (κ3) is 3.64. The van der Waals surface area contributed by atoms with E-state index in [0.29, 0.717) is 23.3 Å². The Kier molecular flexibility index (Phi) is 4.29. The molecule has 0 unspecified atom stereocenters. The number of halogens is 2. The monoisotopic (exact) mass is 369 g/mol. The molecule has 4 rings (SSSR count). The van der Waals surface area contributed by atoms with E-state index in [1.165, 1.54) is 12.3 Å². The van der Waals surface area contributed by atoms with Crippen LogP contribution in [0.1, 0.15) is 10.5 Å². The molecule has 0 atom stereocenters. The molecule has 0 bridgehead atoms. The number of anilines is 3. The first kappa shape index (κ1) is 16.8. The molecule has 6 nitrogen and oxygen atoms in total. The Morgan fingerprint density at radius 1 is 0.963 bits per heavy atom. The number of hydrogen-bond acceptors (Lipinski definition) is 5. The van der Waals surface area contributed by atoms with Crippen LogP contribution in [0, 0.1) is 11.6 Å². The summed E-state index contributed by atoms with van der Waals surface area (Å²) in [6.45, 7) is 0.179. The predicted octanol–water partition coefficient (Wildman–Crippen LogP) is 4.08. The van der Waals surface area contributed by atoms with Gasteiger partial charge in [-0.25, -0.2) is 8.78 Å². The summed E-state index contributed by atoms with van der Waals surface area (Å²) in [6.07, 6.45) is 1.45. The topological polar surface area (TPSA) is 72.5 Å². The number of pyridine rings is 1. The van der Waals surface area contributed by atoms with Crippen molar-refractivity contribution in [3.05, 3.63) is 72.1 Å². The number of nitrogens with zero attached hydrogens (tertiary/aromatic N) is 1. The van der Waals surface area contributed by atoms with E-state index in [4.69, 9.17) is 9.47 Å². The van der Waals surface area contributed by atoms with Gasteiger partial charge in [0.25, 0.3) is 5.91 Å². The van der Waals surface area contributed by atoms with Crippen molar-refractivity contribution in [2.75, 3.05) is 17.4 Å². The fourth-order valence-electron chi connectivity index (χ4n) is 2.55. The van der Waals surface area contributed by atoms with Gasteiger partial charge < -0.3 is 20.1 Å². The van der Waals surface area contributed by atoms with E-state index in [1.807, 2.05) is 6.07 Å². The maximum atomic E-state index is 13.7. The average molecular weight is 369 g/mol. The highest BCUT2D eigenvalue weighted by Gasteiger charge is 2.14. The number of carbonyl (C=O) groups excluding carboxylic acids is 1. The lowest BCUT2D eigenvalue weighted by molar-refractivity contribution is 0.102. The van der Waals surface area contributed by atoms with Crippen LogP contribution < -0.4 is 20.1 Å². The molecule has 0 radical (unpaired) electrons. The Balaban J connectivity index is 1.51. The van der Waals surface area contributed by atoms with Crippen molar-refractivity contribution in [2.45, 2.75) is 0 Å². The highest BCUT2D eigenvalue weighted by Crippen LogP contribution is 2.35. The van der Waals surface area contributed by atoms with Crippen molar-refractivity contribution in [1.29, 1.82) is 0 Å². The smallest absolute Gasteiger partial charge is 0.274 e. The molecule has 0 fully saturated rings. The minimum Gasteiger partial charge on any atom is -0.454 e. The van der Waals surface area contributed by atoms with Gasteiger partial charge in [0.1, 0.15) is 17.3 Å². The van der Waals surface area contributed by atoms with Crippen LogP contribution in [0.5, 0.6) is 11.5 Å². The minimum absolute atomic E-state index is 0.0736. The van der Waals surface area contributed by atoms with Crippen LogP contribution in [0.15, 0.2) is 54.7 Å². The molecule has 2 aromatic carbocycles. The molecule has 1 amide bonds. The van der Waals surface area contributed by atoms with Gasteiger partial charge in [0.05, 0.1) is 5.69 Å². The third-order valence-corrected chi connectivity index (χ3v) is 3.83.